The molecule has 0 atom stereocenters. The fourth-order valence-electron chi connectivity index (χ4n) is 2.24. The summed E-state index contributed by atoms with van der Waals surface area (Å²) in [6.45, 7) is 3.78. The number of ether oxygens (including phenoxy) is 1. The summed E-state index contributed by atoms with van der Waals surface area (Å²) in [7, 11) is 0. The van der Waals surface area contributed by atoms with Crippen molar-refractivity contribution in [3.05, 3.63) is 65.7 Å². The third-order valence-corrected chi connectivity index (χ3v) is 3.79. The highest BCUT2D eigenvalue weighted by atomic mass is 16.5. The van der Waals surface area contributed by atoms with Crippen molar-refractivity contribution in [2.45, 2.75) is 26.7 Å². The number of nitrogens with one attached hydrogen (secondary N) is 1. The van der Waals surface area contributed by atoms with Gasteiger partial charge in [-0.2, -0.15) is 0 Å². The van der Waals surface area contributed by atoms with E-state index in [2.05, 4.69) is 5.32 Å². The minimum Gasteiger partial charge on any atom is -0.457 e. The lowest BCUT2D eigenvalue weighted by atomic mass is 10.1. The minimum atomic E-state index is -0.362. The molecule has 0 saturated heterocycles. The number of benzene rings is 2. The van der Waals surface area contributed by atoms with Gasteiger partial charge in [0.1, 0.15) is 0 Å². The quantitative estimate of drug-likeness (QED) is 0.573. The molecular weight excluding hydrogens is 330 g/mol. The first-order valence-electron chi connectivity index (χ1n) is 8.61. The highest BCUT2D eigenvalue weighted by Gasteiger charge is 2.11. The zero-order valence-electron chi connectivity index (χ0n) is 15.0. The molecule has 1 amide bonds. The molecule has 0 fully saturated rings. The number of ketones is 1. The maximum atomic E-state index is 12.1. The monoisotopic (exact) mass is 353 g/mol. The Morgan fingerprint density at radius 2 is 1.58 bits per heavy atom. The number of Topliss-reactive ketones (excluding diaryl/α,β-unsaturated/α-hetero) is 1. The van der Waals surface area contributed by atoms with Crippen LogP contribution in [-0.2, 0) is 9.53 Å². The number of esters is 1. The molecule has 5 heteroatoms. The molecule has 2 aromatic rings. The molecule has 0 bridgehead atoms. The van der Waals surface area contributed by atoms with Crippen LogP contribution in [0.25, 0.3) is 0 Å². The van der Waals surface area contributed by atoms with Gasteiger partial charge in [0.2, 0.25) is 0 Å². The van der Waals surface area contributed by atoms with Gasteiger partial charge in [-0.3, -0.25) is 14.4 Å². The molecular formula is C21H23NO4. The van der Waals surface area contributed by atoms with E-state index >= 15 is 0 Å². The first-order valence-corrected chi connectivity index (χ1v) is 8.61. The molecule has 136 valence electrons. The lowest BCUT2D eigenvalue weighted by molar-refractivity contribution is -0.142. The summed E-state index contributed by atoms with van der Waals surface area (Å²) in [5.41, 5.74) is 1.57. The summed E-state index contributed by atoms with van der Waals surface area (Å²) in [5.74, 6) is -0.441. The van der Waals surface area contributed by atoms with Gasteiger partial charge in [0, 0.05) is 23.2 Å². The number of carbonyl (C=O) groups excluding carboxylic acids is 3. The molecule has 0 saturated carbocycles. The third kappa shape index (κ3) is 6.16. The number of hydrogen-bond acceptors (Lipinski definition) is 4. The Bertz CT molecular complexity index is 751. The lowest BCUT2D eigenvalue weighted by Gasteiger charge is -2.08. The van der Waals surface area contributed by atoms with E-state index in [-0.39, 0.29) is 24.3 Å². The summed E-state index contributed by atoms with van der Waals surface area (Å²) in [6.07, 6.45) is 1.05. The van der Waals surface area contributed by atoms with Crippen LogP contribution in [-0.4, -0.2) is 24.3 Å². The second-order valence-electron chi connectivity index (χ2n) is 6.41. The predicted molar refractivity (Wildman–Crippen MR) is 100 cm³/mol. The van der Waals surface area contributed by atoms with Gasteiger partial charge in [0.25, 0.3) is 5.91 Å². The van der Waals surface area contributed by atoms with E-state index < -0.39 is 0 Å². The fraction of sp³-hybridized carbons (Fsp3) is 0.286. The topological polar surface area (TPSA) is 72.5 Å². The molecule has 0 aliphatic carbocycles. The molecule has 0 radical (unpaired) electrons. The second kappa shape index (κ2) is 9.51. The first kappa shape index (κ1) is 19.4. The van der Waals surface area contributed by atoms with Gasteiger partial charge in [-0.25, -0.2) is 0 Å². The Kier molecular flexibility index (Phi) is 7.09. The smallest absolute Gasteiger partial charge is 0.306 e. The van der Waals surface area contributed by atoms with E-state index in [1.165, 1.54) is 0 Å². The molecule has 1 N–H and O–H groups in total. The van der Waals surface area contributed by atoms with Crippen molar-refractivity contribution in [1.29, 1.82) is 0 Å². The molecule has 0 aliphatic rings. The van der Waals surface area contributed by atoms with Gasteiger partial charge in [0.15, 0.2) is 12.4 Å². The zero-order valence-corrected chi connectivity index (χ0v) is 15.0. The lowest BCUT2D eigenvalue weighted by Crippen LogP contribution is -2.15. The molecule has 5 nitrogen and oxygen atoms in total. The number of anilines is 1. The standard InChI is InChI=1S/C21H23NO4/c1-15(2)8-13-20(24)26-14-19(23)16-9-11-18(12-10-16)22-21(25)17-6-4-3-5-7-17/h3-7,9-12,15H,8,13-14H2,1-2H3,(H,22,25). The third-order valence-electron chi connectivity index (χ3n) is 3.79. The largest absolute Gasteiger partial charge is 0.457 e. The zero-order chi connectivity index (χ0) is 18.9. The second-order valence-corrected chi connectivity index (χ2v) is 6.41. The molecule has 0 unspecified atom stereocenters. The average molecular weight is 353 g/mol. The van der Waals surface area contributed by atoms with E-state index in [0.717, 1.165) is 6.42 Å². The number of rotatable bonds is 8. The van der Waals surface area contributed by atoms with Crippen LogP contribution in [0.1, 0.15) is 47.4 Å². The van der Waals surface area contributed by atoms with E-state index in [0.29, 0.717) is 29.2 Å². The van der Waals surface area contributed by atoms with E-state index in [1.807, 2.05) is 19.9 Å². The average Bonchev–Trinajstić information content (AvgIpc) is 2.65. The Labute approximate surface area is 153 Å². The maximum absolute atomic E-state index is 12.1. The Morgan fingerprint density at radius 1 is 0.923 bits per heavy atom. The van der Waals surface area contributed by atoms with E-state index in [4.69, 9.17) is 4.74 Å². The summed E-state index contributed by atoms with van der Waals surface area (Å²) < 4.78 is 5.00. The van der Waals surface area contributed by atoms with Gasteiger partial charge >= 0.3 is 5.97 Å². The highest BCUT2D eigenvalue weighted by molar-refractivity contribution is 6.04. The molecule has 26 heavy (non-hydrogen) atoms. The molecule has 2 aromatic carbocycles. The molecule has 0 heterocycles. The molecule has 0 aliphatic heterocycles. The van der Waals surface area contributed by atoms with Crippen LogP contribution < -0.4 is 5.32 Å². The van der Waals surface area contributed by atoms with Gasteiger partial charge in [-0.1, -0.05) is 32.0 Å². The van der Waals surface area contributed by atoms with Crippen LogP contribution in [0.15, 0.2) is 54.6 Å². The van der Waals surface area contributed by atoms with Crippen LogP contribution in [0, 0.1) is 5.92 Å². The van der Waals surface area contributed by atoms with Crippen molar-refractivity contribution in [3.63, 3.8) is 0 Å². The van der Waals surface area contributed by atoms with E-state index in [9.17, 15) is 14.4 Å². The van der Waals surface area contributed by atoms with Gasteiger partial charge in [0.05, 0.1) is 0 Å². The van der Waals surface area contributed by atoms with Crippen LogP contribution in [0.2, 0.25) is 0 Å². The van der Waals surface area contributed by atoms with Crippen LogP contribution >= 0.6 is 0 Å². The number of hydrogen-bond donors (Lipinski definition) is 1. The predicted octanol–water partition coefficient (Wildman–Crippen LogP) is 4.10. The van der Waals surface area contributed by atoms with Gasteiger partial charge in [-0.05, 0) is 48.7 Å². The van der Waals surface area contributed by atoms with E-state index in [1.54, 1.807) is 48.5 Å². The van der Waals surface area contributed by atoms with Crippen LogP contribution in [0.3, 0.4) is 0 Å². The van der Waals surface area contributed by atoms with Crippen molar-refractivity contribution < 1.29 is 19.1 Å². The molecule has 2 rings (SSSR count). The minimum absolute atomic E-state index is 0.219. The SMILES string of the molecule is CC(C)CCC(=O)OCC(=O)c1ccc(NC(=O)c2ccccc2)cc1. The van der Waals surface area contributed by atoms with Gasteiger partial charge < -0.3 is 10.1 Å². The molecule has 0 aromatic heterocycles. The summed E-state index contributed by atoms with van der Waals surface area (Å²) in [5, 5.41) is 2.77. The Hall–Kier alpha value is -2.95. The number of carbonyl (C=O) groups is 3. The summed E-state index contributed by atoms with van der Waals surface area (Å²) in [6, 6.07) is 15.4. The first-order chi connectivity index (χ1) is 12.5. The highest BCUT2D eigenvalue weighted by Crippen LogP contribution is 2.12. The Balaban J connectivity index is 1.85. The van der Waals surface area contributed by atoms with Crippen molar-refractivity contribution in [3.8, 4) is 0 Å². The van der Waals surface area contributed by atoms with Crippen molar-refractivity contribution in [2.24, 2.45) is 5.92 Å². The van der Waals surface area contributed by atoms with Crippen LogP contribution in [0.5, 0.6) is 0 Å². The van der Waals surface area contributed by atoms with Crippen LogP contribution in [0.4, 0.5) is 5.69 Å². The van der Waals surface area contributed by atoms with Crippen molar-refractivity contribution in [1.82, 2.24) is 0 Å². The van der Waals surface area contributed by atoms with Crippen molar-refractivity contribution >= 4 is 23.3 Å². The maximum Gasteiger partial charge on any atom is 0.306 e. The normalized spacial score (nSPS) is 10.4. The molecule has 0 spiro atoms. The Morgan fingerprint density at radius 3 is 2.19 bits per heavy atom. The summed E-state index contributed by atoms with van der Waals surface area (Å²) >= 11 is 0. The summed E-state index contributed by atoms with van der Waals surface area (Å²) in [4.78, 5) is 35.7. The number of amides is 1. The van der Waals surface area contributed by atoms with Gasteiger partial charge in [-0.15, -0.1) is 0 Å². The fourth-order valence-corrected chi connectivity index (χ4v) is 2.24. The van der Waals surface area contributed by atoms with Crippen molar-refractivity contribution in [2.75, 3.05) is 11.9 Å².